The predicted octanol–water partition coefficient (Wildman–Crippen LogP) is 15.5. The Kier molecular flexibility index (Phi) is 7.35. The number of thiophene rings is 1. The van der Waals surface area contributed by atoms with Crippen LogP contribution in [-0.4, -0.2) is 0 Å². The number of benzene rings is 9. The lowest BCUT2D eigenvalue weighted by atomic mass is 9.68. The Labute approximate surface area is 340 Å². The van der Waals surface area contributed by atoms with Crippen molar-refractivity contribution >= 4 is 70.5 Å². The van der Waals surface area contributed by atoms with E-state index in [2.05, 4.69) is 205 Å². The van der Waals surface area contributed by atoms with Gasteiger partial charge in [0.1, 0.15) is 11.2 Å². The van der Waals surface area contributed by atoms with Crippen molar-refractivity contribution < 1.29 is 4.42 Å². The number of hydrogen-bond donors (Lipinski definition) is 0. The summed E-state index contributed by atoms with van der Waals surface area (Å²) >= 11 is 1.85. The Morgan fingerprint density at radius 3 is 1.83 bits per heavy atom. The maximum absolute atomic E-state index is 6.30. The van der Waals surface area contributed by atoms with E-state index in [1.165, 1.54) is 53.6 Å². The number of nitrogens with zero attached hydrogens (tertiary/aromatic N) is 1. The third-order valence-electron chi connectivity index (χ3n) is 12.2. The number of furan rings is 1. The lowest BCUT2D eigenvalue weighted by molar-refractivity contribution is 0.669. The highest BCUT2D eigenvalue weighted by Gasteiger charge is 2.47. The van der Waals surface area contributed by atoms with E-state index in [0.717, 1.165) is 50.1 Å². The lowest BCUT2D eigenvalue weighted by Gasteiger charge is -2.34. The van der Waals surface area contributed by atoms with Gasteiger partial charge in [0.2, 0.25) is 0 Å². The summed E-state index contributed by atoms with van der Waals surface area (Å²) in [6.07, 6.45) is 0. The first-order valence-electron chi connectivity index (χ1n) is 19.8. The van der Waals surface area contributed by atoms with Crippen molar-refractivity contribution in [2.24, 2.45) is 0 Å². The van der Waals surface area contributed by atoms with Crippen LogP contribution >= 0.6 is 11.3 Å². The van der Waals surface area contributed by atoms with Crippen molar-refractivity contribution in [2.75, 3.05) is 4.90 Å². The Hall–Kier alpha value is -7.20. The second-order valence-electron chi connectivity index (χ2n) is 15.2. The number of hydrogen-bond acceptors (Lipinski definition) is 3. The molecule has 0 aliphatic heterocycles. The maximum Gasteiger partial charge on any atom is 0.136 e. The summed E-state index contributed by atoms with van der Waals surface area (Å²) in [5, 5.41) is 4.84. The van der Waals surface area contributed by atoms with Crippen LogP contribution in [-0.2, 0) is 5.41 Å². The zero-order valence-corrected chi connectivity index (χ0v) is 32.3. The average molecular weight is 758 g/mol. The summed E-state index contributed by atoms with van der Waals surface area (Å²) in [7, 11) is 0. The van der Waals surface area contributed by atoms with Crippen molar-refractivity contribution in [3.63, 3.8) is 0 Å². The van der Waals surface area contributed by atoms with Crippen molar-refractivity contribution in [3.8, 4) is 22.3 Å². The molecular weight excluding hydrogens is 723 g/mol. The second kappa shape index (κ2) is 12.9. The Bertz CT molecular complexity index is 3300. The summed E-state index contributed by atoms with van der Waals surface area (Å²) in [5.74, 6) is 0. The van der Waals surface area contributed by atoms with E-state index in [-0.39, 0.29) is 0 Å². The van der Waals surface area contributed by atoms with E-state index in [1.807, 2.05) is 23.5 Å². The van der Waals surface area contributed by atoms with Gasteiger partial charge in [-0.3, -0.25) is 0 Å². The predicted molar refractivity (Wildman–Crippen MR) is 244 cm³/mol. The van der Waals surface area contributed by atoms with Crippen LogP contribution in [0.25, 0.3) is 64.4 Å². The Morgan fingerprint density at radius 1 is 0.397 bits per heavy atom. The van der Waals surface area contributed by atoms with Crippen LogP contribution in [0.15, 0.2) is 217 Å². The number of fused-ring (bicyclic) bond motifs is 9. The molecule has 2 nitrogen and oxygen atoms in total. The molecule has 12 rings (SSSR count). The number of anilines is 3. The second-order valence-corrected chi connectivity index (χ2v) is 16.3. The molecule has 2 heterocycles. The minimum absolute atomic E-state index is 0.497. The minimum Gasteiger partial charge on any atom is -0.456 e. The molecule has 0 spiro atoms. The van der Waals surface area contributed by atoms with Gasteiger partial charge < -0.3 is 9.32 Å². The quantitative estimate of drug-likeness (QED) is 0.168. The third-order valence-corrected chi connectivity index (χ3v) is 13.3. The normalized spacial score (nSPS) is 13.0. The van der Waals surface area contributed by atoms with Gasteiger partial charge in [-0.25, -0.2) is 0 Å². The smallest absolute Gasteiger partial charge is 0.136 e. The SMILES string of the molecule is c1ccc(C2(c3ccccc3)c3ccccc3-c3c(N(c4ccc(-c5ccc6c(c5)oc5ccccc56)cc4)c4ccc5sc6ccccc6c5c4)cccc32)cc1. The van der Waals surface area contributed by atoms with Crippen LogP contribution in [0.4, 0.5) is 17.1 Å². The van der Waals surface area contributed by atoms with Crippen LogP contribution in [0.5, 0.6) is 0 Å². The molecule has 0 bridgehead atoms. The molecule has 272 valence electrons. The summed E-state index contributed by atoms with van der Waals surface area (Å²) in [4.78, 5) is 2.47. The molecule has 0 saturated carbocycles. The minimum atomic E-state index is -0.497. The fourth-order valence-electron chi connectivity index (χ4n) is 9.65. The molecule has 0 fully saturated rings. The highest BCUT2D eigenvalue weighted by Crippen LogP contribution is 2.59. The van der Waals surface area contributed by atoms with Crippen molar-refractivity contribution in [2.45, 2.75) is 5.41 Å². The first-order chi connectivity index (χ1) is 28.8. The molecule has 0 amide bonds. The van der Waals surface area contributed by atoms with Gasteiger partial charge in [-0.05, 0) is 99.6 Å². The van der Waals surface area contributed by atoms with Crippen molar-refractivity contribution in [1.29, 1.82) is 0 Å². The molecule has 3 heteroatoms. The van der Waals surface area contributed by atoms with E-state index in [9.17, 15) is 0 Å². The summed E-state index contributed by atoms with van der Waals surface area (Å²) in [6.45, 7) is 0. The standard InChI is InChI=1S/C55H35NOS/c1-3-14-38(15-4-1)55(39-16-5-2-6-17-39)47-21-10-7-20-45(47)54-48(55)22-13-23-49(54)56(41-31-33-53-46(35-41)44-19-9-12-25-52(44)58-53)40-29-26-36(27-30-40)37-28-32-43-42-18-8-11-24-50(42)57-51(43)34-37/h1-35H. The fraction of sp³-hybridized carbons (Fsp3) is 0.0182. The Balaban J connectivity index is 1.09. The molecule has 9 aromatic carbocycles. The van der Waals surface area contributed by atoms with E-state index in [1.54, 1.807) is 0 Å². The highest BCUT2D eigenvalue weighted by atomic mass is 32.1. The molecule has 11 aromatic rings. The van der Waals surface area contributed by atoms with E-state index < -0.39 is 5.41 Å². The first kappa shape index (κ1) is 33.0. The largest absolute Gasteiger partial charge is 0.456 e. The topological polar surface area (TPSA) is 16.4 Å². The summed E-state index contributed by atoms with van der Waals surface area (Å²) in [6, 6.07) is 77.6. The van der Waals surface area contributed by atoms with Gasteiger partial charge in [0.25, 0.3) is 0 Å². The molecular formula is C55H35NOS. The maximum atomic E-state index is 6.30. The summed E-state index contributed by atoms with van der Waals surface area (Å²) < 4.78 is 8.89. The van der Waals surface area contributed by atoms with Crippen molar-refractivity contribution in [1.82, 2.24) is 0 Å². The molecule has 0 atom stereocenters. The zero-order chi connectivity index (χ0) is 38.2. The van der Waals surface area contributed by atoms with Gasteiger partial charge in [0.15, 0.2) is 0 Å². The van der Waals surface area contributed by atoms with Gasteiger partial charge in [-0.15, -0.1) is 11.3 Å². The number of para-hydroxylation sites is 1. The molecule has 1 aliphatic rings. The molecule has 2 aromatic heterocycles. The van der Waals surface area contributed by atoms with Crippen LogP contribution in [0.3, 0.4) is 0 Å². The first-order valence-corrected chi connectivity index (χ1v) is 20.6. The third kappa shape index (κ3) is 4.84. The zero-order valence-electron chi connectivity index (χ0n) is 31.5. The van der Waals surface area contributed by atoms with Gasteiger partial charge in [0, 0.05) is 47.9 Å². The molecule has 0 radical (unpaired) electrons. The van der Waals surface area contributed by atoms with Crippen molar-refractivity contribution in [3.05, 3.63) is 235 Å². The van der Waals surface area contributed by atoms with Gasteiger partial charge in [-0.1, -0.05) is 152 Å². The van der Waals surface area contributed by atoms with E-state index in [4.69, 9.17) is 4.42 Å². The molecule has 0 saturated heterocycles. The highest BCUT2D eigenvalue weighted by molar-refractivity contribution is 7.25. The monoisotopic (exact) mass is 757 g/mol. The average Bonchev–Trinajstić information content (AvgIpc) is 3.95. The van der Waals surface area contributed by atoms with E-state index in [0.29, 0.717) is 0 Å². The lowest BCUT2D eigenvalue weighted by Crippen LogP contribution is -2.28. The molecule has 0 N–H and O–H groups in total. The summed E-state index contributed by atoms with van der Waals surface area (Å²) in [5.41, 5.74) is 14.5. The van der Waals surface area contributed by atoms with Crippen LogP contribution in [0.2, 0.25) is 0 Å². The molecule has 58 heavy (non-hydrogen) atoms. The van der Waals surface area contributed by atoms with Gasteiger partial charge in [-0.2, -0.15) is 0 Å². The number of rotatable bonds is 6. The van der Waals surface area contributed by atoms with E-state index >= 15 is 0 Å². The fourth-order valence-corrected chi connectivity index (χ4v) is 10.7. The van der Waals surface area contributed by atoms with Gasteiger partial charge in [0.05, 0.1) is 11.1 Å². The molecule has 0 unspecified atom stereocenters. The van der Waals surface area contributed by atoms with Gasteiger partial charge >= 0.3 is 0 Å². The van der Waals surface area contributed by atoms with Crippen LogP contribution in [0, 0.1) is 0 Å². The van der Waals surface area contributed by atoms with Crippen LogP contribution in [0.1, 0.15) is 22.3 Å². The Morgan fingerprint density at radius 2 is 1.02 bits per heavy atom. The van der Waals surface area contributed by atoms with Crippen LogP contribution < -0.4 is 4.90 Å². The molecule has 1 aliphatic carbocycles.